The van der Waals surface area contributed by atoms with Gasteiger partial charge in [0.25, 0.3) is 0 Å². The van der Waals surface area contributed by atoms with Gasteiger partial charge in [0.2, 0.25) is 0 Å². The van der Waals surface area contributed by atoms with Crippen LogP contribution in [0, 0.1) is 0 Å². The summed E-state index contributed by atoms with van der Waals surface area (Å²) >= 11 is 7.26. The van der Waals surface area contributed by atoms with Crippen LogP contribution in [0.15, 0.2) is 33.6 Å². The lowest BCUT2D eigenvalue weighted by molar-refractivity contribution is 0.562. The zero-order chi connectivity index (χ0) is 15.5. The van der Waals surface area contributed by atoms with Crippen molar-refractivity contribution in [2.75, 3.05) is 7.05 Å². The SMILES string of the molecule is CNCc1sc(CSc2ccccc2Br)nc1C(C)(C)C. The molecule has 0 radical (unpaired) electrons. The van der Waals surface area contributed by atoms with Gasteiger partial charge in [-0.05, 0) is 35.1 Å². The van der Waals surface area contributed by atoms with Crippen LogP contribution >= 0.6 is 39.0 Å². The van der Waals surface area contributed by atoms with Crippen molar-refractivity contribution in [3.8, 4) is 0 Å². The van der Waals surface area contributed by atoms with Crippen molar-refractivity contribution < 1.29 is 0 Å². The second-order valence-electron chi connectivity index (χ2n) is 5.88. The van der Waals surface area contributed by atoms with Crippen molar-refractivity contribution >= 4 is 39.0 Å². The van der Waals surface area contributed by atoms with E-state index < -0.39 is 0 Å². The molecule has 0 aliphatic heterocycles. The largest absolute Gasteiger partial charge is 0.315 e. The van der Waals surface area contributed by atoms with E-state index in [1.807, 2.05) is 36.2 Å². The molecule has 2 rings (SSSR count). The molecule has 0 atom stereocenters. The van der Waals surface area contributed by atoms with E-state index in [4.69, 9.17) is 4.98 Å². The molecule has 0 aliphatic rings. The highest BCUT2D eigenvalue weighted by Crippen LogP contribution is 2.34. The monoisotopic (exact) mass is 384 g/mol. The van der Waals surface area contributed by atoms with Crippen molar-refractivity contribution in [3.05, 3.63) is 44.3 Å². The molecule has 0 unspecified atom stereocenters. The molecule has 2 aromatic rings. The van der Waals surface area contributed by atoms with Crippen molar-refractivity contribution in [2.24, 2.45) is 0 Å². The Bertz CT molecular complexity index is 603. The van der Waals surface area contributed by atoms with E-state index in [1.54, 1.807) is 0 Å². The van der Waals surface area contributed by atoms with Gasteiger partial charge < -0.3 is 5.32 Å². The van der Waals surface area contributed by atoms with E-state index in [0.717, 1.165) is 16.8 Å². The molecule has 0 bridgehead atoms. The van der Waals surface area contributed by atoms with Crippen molar-refractivity contribution in [3.63, 3.8) is 0 Å². The fourth-order valence-corrected chi connectivity index (χ4v) is 4.88. The third kappa shape index (κ3) is 4.55. The van der Waals surface area contributed by atoms with Gasteiger partial charge in [-0.2, -0.15) is 0 Å². The van der Waals surface area contributed by atoms with Crippen LogP contribution in [0.4, 0.5) is 0 Å². The number of benzene rings is 1. The number of thioether (sulfide) groups is 1. The highest BCUT2D eigenvalue weighted by molar-refractivity contribution is 9.10. The third-order valence-electron chi connectivity index (χ3n) is 2.98. The summed E-state index contributed by atoms with van der Waals surface area (Å²) in [6.45, 7) is 7.58. The number of nitrogens with one attached hydrogen (secondary N) is 1. The molecule has 1 aromatic carbocycles. The Balaban J connectivity index is 2.16. The summed E-state index contributed by atoms with van der Waals surface area (Å²) in [5.41, 5.74) is 1.32. The van der Waals surface area contributed by atoms with E-state index in [0.29, 0.717) is 0 Å². The number of halogens is 1. The molecule has 0 fully saturated rings. The van der Waals surface area contributed by atoms with Crippen molar-refractivity contribution in [1.29, 1.82) is 0 Å². The van der Waals surface area contributed by atoms with E-state index in [9.17, 15) is 0 Å². The summed E-state index contributed by atoms with van der Waals surface area (Å²) in [6.07, 6.45) is 0. The molecular weight excluding hydrogens is 364 g/mol. The molecule has 5 heteroatoms. The number of aromatic nitrogens is 1. The molecule has 2 nitrogen and oxygen atoms in total. The van der Waals surface area contributed by atoms with E-state index >= 15 is 0 Å². The fraction of sp³-hybridized carbons (Fsp3) is 0.438. The Labute approximate surface area is 143 Å². The lowest BCUT2D eigenvalue weighted by atomic mass is 9.91. The van der Waals surface area contributed by atoms with Gasteiger partial charge in [-0.25, -0.2) is 4.98 Å². The normalized spacial score (nSPS) is 11.9. The highest BCUT2D eigenvalue weighted by Gasteiger charge is 2.22. The minimum atomic E-state index is 0.0962. The van der Waals surface area contributed by atoms with Crippen LogP contribution in [0.1, 0.15) is 36.3 Å². The predicted octanol–water partition coefficient (Wildman–Crippen LogP) is 5.21. The molecule has 1 aromatic heterocycles. The summed E-state index contributed by atoms with van der Waals surface area (Å²) in [6, 6.07) is 8.33. The lowest BCUT2D eigenvalue weighted by Gasteiger charge is -2.17. The van der Waals surface area contributed by atoms with Crippen LogP contribution < -0.4 is 5.32 Å². The summed E-state index contributed by atoms with van der Waals surface area (Å²) < 4.78 is 1.15. The Hall–Kier alpha value is -0.360. The van der Waals surface area contributed by atoms with Gasteiger partial charge in [0, 0.05) is 26.2 Å². The predicted molar refractivity (Wildman–Crippen MR) is 97.3 cm³/mol. The maximum absolute atomic E-state index is 4.89. The molecular formula is C16H21BrN2S2. The summed E-state index contributed by atoms with van der Waals surface area (Å²) in [5, 5.41) is 4.45. The lowest BCUT2D eigenvalue weighted by Crippen LogP contribution is -2.16. The van der Waals surface area contributed by atoms with Gasteiger partial charge in [-0.1, -0.05) is 32.9 Å². The Morgan fingerprint density at radius 3 is 2.62 bits per heavy atom. The van der Waals surface area contributed by atoms with E-state index in [2.05, 4.69) is 60.2 Å². The molecule has 0 saturated carbocycles. The molecule has 0 saturated heterocycles. The van der Waals surface area contributed by atoms with E-state index in [-0.39, 0.29) is 5.41 Å². The Kier molecular flexibility index (Phi) is 5.88. The first kappa shape index (κ1) is 17.0. The number of thiazole rings is 1. The molecule has 0 aliphatic carbocycles. The number of rotatable bonds is 5. The van der Waals surface area contributed by atoms with Gasteiger partial charge in [-0.3, -0.25) is 0 Å². The van der Waals surface area contributed by atoms with Gasteiger partial charge in [0.1, 0.15) is 5.01 Å². The Morgan fingerprint density at radius 2 is 2.00 bits per heavy atom. The summed E-state index contributed by atoms with van der Waals surface area (Å²) in [7, 11) is 1.99. The van der Waals surface area contributed by atoms with Crippen LogP contribution in [-0.4, -0.2) is 12.0 Å². The third-order valence-corrected chi connectivity index (χ3v) is 6.25. The molecule has 0 spiro atoms. The smallest absolute Gasteiger partial charge is 0.103 e. The minimum absolute atomic E-state index is 0.0962. The Morgan fingerprint density at radius 1 is 1.29 bits per heavy atom. The van der Waals surface area contributed by atoms with Crippen LogP contribution in [0.5, 0.6) is 0 Å². The first-order valence-electron chi connectivity index (χ1n) is 6.93. The standard InChI is InChI=1S/C16H21BrN2S2/c1-16(2,3)15-13(9-18-4)21-14(19-15)10-20-12-8-6-5-7-11(12)17/h5-8,18H,9-10H2,1-4H3. The molecule has 1 heterocycles. The average Bonchev–Trinajstić information content (AvgIpc) is 2.81. The van der Waals surface area contributed by atoms with Crippen LogP contribution in [0.25, 0.3) is 0 Å². The van der Waals surface area contributed by atoms with Crippen LogP contribution in [0.3, 0.4) is 0 Å². The highest BCUT2D eigenvalue weighted by atomic mass is 79.9. The van der Waals surface area contributed by atoms with Gasteiger partial charge in [0.15, 0.2) is 0 Å². The minimum Gasteiger partial charge on any atom is -0.315 e. The van der Waals surface area contributed by atoms with E-state index in [1.165, 1.54) is 20.5 Å². The number of hydrogen-bond acceptors (Lipinski definition) is 4. The topological polar surface area (TPSA) is 24.9 Å². The summed E-state index contributed by atoms with van der Waals surface area (Å²) in [5.74, 6) is 0.917. The fourth-order valence-electron chi connectivity index (χ4n) is 2.03. The van der Waals surface area contributed by atoms with Gasteiger partial charge in [-0.15, -0.1) is 23.1 Å². The number of hydrogen-bond donors (Lipinski definition) is 1. The first-order chi connectivity index (χ1) is 9.91. The maximum Gasteiger partial charge on any atom is 0.103 e. The first-order valence-corrected chi connectivity index (χ1v) is 9.52. The molecule has 21 heavy (non-hydrogen) atoms. The zero-order valence-corrected chi connectivity index (χ0v) is 16.1. The molecule has 0 amide bonds. The van der Waals surface area contributed by atoms with Crippen molar-refractivity contribution in [1.82, 2.24) is 10.3 Å². The van der Waals surface area contributed by atoms with Crippen LogP contribution in [0.2, 0.25) is 0 Å². The van der Waals surface area contributed by atoms with Crippen molar-refractivity contribution in [2.45, 2.75) is 43.4 Å². The number of nitrogens with zero attached hydrogens (tertiary/aromatic N) is 1. The van der Waals surface area contributed by atoms with Gasteiger partial charge in [0.05, 0.1) is 11.4 Å². The maximum atomic E-state index is 4.89. The summed E-state index contributed by atoms with van der Waals surface area (Å²) in [4.78, 5) is 7.51. The second-order valence-corrected chi connectivity index (χ2v) is 8.92. The quantitative estimate of drug-likeness (QED) is 0.715. The molecule has 114 valence electrons. The molecule has 1 N–H and O–H groups in total. The average molecular weight is 385 g/mol. The zero-order valence-electron chi connectivity index (χ0n) is 12.9. The van der Waals surface area contributed by atoms with Crippen LogP contribution in [-0.2, 0) is 17.7 Å². The van der Waals surface area contributed by atoms with Gasteiger partial charge >= 0.3 is 0 Å². The second kappa shape index (κ2) is 7.27.